The minimum absolute atomic E-state index is 0.0939. The Morgan fingerprint density at radius 1 is 1.22 bits per heavy atom. The van der Waals surface area contributed by atoms with Crippen LogP contribution in [-0.4, -0.2) is 66.2 Å². The summed E-state index contributed by atoms with van der Waals surface area (Å²) in [5, 5.41) is 14.7. The van der Waals surface area contributed by atoms with Crippen molar-refractivity contribution in [1.29, 1.82) is 0 Å². The van der Waals surface area contributed by atoms with Crippen molar-refractivity contribution < 1.29 is 9.90 Å². The predicted molar refractivity (Wildman–Crippen MR) is 107 cm³/mol. The molecule has 1 aromatic rings. The number of aliphatic hydroxyl groups is 1. The SMILES string of the molecule is O=C1CN(CCC(c2ccc(Cl)c(Cl)c2)N2CCC3(CC3)[C@H](O)C2)CCN1. The number of likely N-dealkylation sites (tertiary alicyclic amines) is 1. The zero-order valence-electron chi connectivity index (χ0n) is 15.5. The molecule has 5 nitrogen and oxygen atoms in total. The van der Waals surface area contributed by atoms with Crippen molar-refractivity contribution in [3.8, 4) is 0 Å². The monoisotopic (exact) mass is 411 g/mol. The molecule has 2 atom stereocenters. The molecule has 1 spiro atoms. The van der Waals surface area contributed by atoms with Crippen LogP contribution in [0.2, 0.25) is 10.0 Å². The normalized spacial score (nSPS) is 26.8. The highest BCUT2D eigenvalue weighted by molar-refractivity contribution is 6.42. The highest BCUT2D eigenvalue weighted by Crippen LogP contribution is 2.54. The van der Waals surface area contributed by atoms with E-state index in [1.54, 1.807) is 0 Å². The molecule has 0 bridgehead atoms. The van der Waals surface area contributed by atoms with Gasteiger partial charge in [0.05, 0.1) is 22.7 Å². The van der Waals surface area contributed by atoms with Crippen molar-refractivity contribution >= 4 is 29.1 Å². The van der Waals surface area contributed by atoms with Gasteiger partial charge in [0.2, 0.25) is 5.91 Å². The van der Waals surface area contributed by atoms with E-state index in [2.05, 4.69) is 15.1 Å². The maximum atomic E-state index is 11.7. The Hall–Kier alpha value is -0.850. The summed E-state index contributed by atoms with van der Waals surface area (Å²) in [5.74, 6) is 0.0939. The van der Waals surface area contributed by atoms with Crippen molar-refractivity contribution in [2.24, 2.45) is 5.41 Å². The third-order valence-corrected chi connectivity index (χ3v) is 7.25. The number of benzene rings is 1. The molecule has 27 heavy (non-hydrogen) atoms. The highest BCUT2D eigenvalue weighted by atomic mass is 35.5. The van der Waals surface area contributed by atoms with Crippen molar-refractivity contribution in [2.75, 3.05) is 39.3 Å². The molecule has 3 aliphatic rings. The Balaban J connectivity index is 1.49. The van der Waals surface area contributed by atoms with Crippen LogP contribution < -0.4 is 5.32 Å². The van der Waals surface area contributed by atoms with E-state index in [-0.39, 0.29) is 23.5 Å². The van der Waals surface area contributed by atoms with E-state index in [4.69, 9.17) is 23.2 Å². The van der Waals surface area contributed by atoms with E-state index in [0.717, 1.165) is 50.9 Å². The fourth-order valence-electron chi connectivity index (χ4n) is 4.53. The molecule has 2 aliphatic heterocycles. The van der Waals surface area contributed by atoms with Crippen LogP contribution in [0.4, 0.5) is 0 Å². The van der Waals surface area contributed by atoms with Gasteiger partial charge in [0.1, 0.15) is 0 Å². The number of carbonyl (C=O) groups excluding carboxylic acids is 1. The lowest BCUT2D eigenvalue weighted by molar-refractivity contribution is -0.124. The number of nitrogens with zero attached hydrogens (tertiary/aromatic N) is 2. The number of β-amino-alcohol motifs (C(OH)–C–C–N with tert-alkyl or cyclic N) is 1. The molecule has 2 N–H and O–H groups in total. The van der Waals surface area contributed by atoms with Crippen LogP contribution in [0.1, 0.15) is 37.3 Å². The second-order valence-corrected chi connectivity index (χ2v) is 9.04. The van der Waals surface area contributed by atoms with Gasteiger partial charge in [-0.15, -0.1) is 0 Å². The van der Waals surface area contributed by atoms with E-state index in [1.807, 2.05) is 18.2 Å². The van der Waals surface area contributed by atoms with E-state index in [9.17, 15) is 9.90 Å². The number of aliphatic hydroxyl groups excluding tert-OH is 1. The summed E-state index contributed by atoms with van der Waals surface area (Å²) in [6.45, 7) is 4.58. The molecule has 0 radical (unpaired) electrons. The van der Waals surface area contributed by atoms with Gasteiger partial charge in [-0.25, -0.2) is 0 Å². The molecule has 7 heteroatoms. The average Bonchev–Trinajstić information content (AvgIpc) is 3.42. The maximum Gasteiger partial charge on any atom is 0.234 e. The molecule has 1 saturated carbocycles. The smallest absolute Gasteiger partial charge is 0.234 e. The minimum atomic E-state index is -0.253. The number of rotatable bonds is 5. The van der Waals surface area contributed by atoms with Gasteiger partial charge >= 0.3 is 0 Å². The summed E-state index contributed by atoms with van der Waals surface area (Å²) in [4.78, 5) is 16.3. The number of carbonyl (C=O) groups is 1. The molecule has 1 aliphatic carbocycles. The number of amides is 1. The fraction of sp³-hybridized carbons (Fsp3) is 0.650. The van der Waals surface area contributed by atoms with Crippen LogP contribution in [-0.2, 0) is 4.79 Å². The first-order valence-corrected chi connectivity index (χ1v) is 10.6. The van der Waals surface area contributed by atoms with E-state index >= 15 is 0 Å². The van der Waals surface area contributed by atoms with Crippen molar-refractivity contribution in [2.45, 2.75) is 37.8 Å². The largest absolute Gasteiger partial charge is 0.391 e. The number of nitrogens with one attached hydrogen (secondary N) is 1. The molecular formula is C20H27Cl2N3O2. The van der Waals surface area contributed by atoms with Gasteiger partial charge in [0.25, 0.3) is 0 Å². The second kappa shape index (κ2) is 7.88. The van der Waals surface area contributed by atoms with Crippen LogP contribution >= 0.6 is 23.2 Å². The lowest BCUT2D eigenvalue weighted by Crippen LogP contribution is -2.49. The Morgan fingerprint density at radius 2 is 2.04 bits per heavy atom. The molecular weight excluding hydrogens is 385 g/mol. The van der Waals surface area contributed by atoms with Crippen molar-refractivity contribution in [3.63, 3.8) is 0 Å². The predicted octanol–water partition coefficient (Wildman–Crippen LogP) is 2.70. The number of hydrogen-bond acceptors (Lipinski definition) is 4. The van der Waals surface area contributed by atoms with E-state index < -0.39 is 0 Å². The Morgan fingerprint density at radius 3 is 2.70 bits per heavy atom. The fourth-order valence-corrected chi connectivity index (χ4v) is 4.84. The van der Waals surface area contributed by atoms with Gasteiger partial charge in [-0.05, 0) is 55.3 Å². The molecule has 1 unspecified atom stereocenters. The minimum Gasteiger partial charge on any atom is -0.391 e. The maximum absolute atomic E-state index is 11.7. The van der Waals surface area contributed by atoms with Crippen molar-refractivity contribution in [1.82, 2.24) is 15.1 Å². The van der Waals surface area contributed by atoms with Gasteiger partial charge in [0.15, 0.2) is 0 Å². The standard InChI is InChI=1S/C20H27Cl2N3O2/c21-15-2-1-14(11-16(15)22)17(3-8-24-10-7-23-19(27)13-24)25-9-6-20(4-5-20)18(26)12-25/h1-2,11,17-18,26H,3-10,12-13H2,(H,23,27)/t17?,18-/m1/s1. The van der Waals surface area contributed by atoms with Gasteiger partial charge < -0.3 is 10.4 Å². The first kappa shape index (κ1) is 19.5. The summed E-state index contributed by atoms with van der Waals surface area (Å²) in [7, 11) is 0. The van der Waals surface area contributed by atoms with Crippen LogP contribution in [0.3, 0.4) is 0 Å². The zero-order valence-corrected chi connectivity index (χ0v) is 17.0. The van der Waals surface area contributed by atoms with Gasteiger partial charge in [-0.2, -0.15) is 0 Å². The van der Waals surface area contributed by atoms with Crippen LogP contribution in [0.25, 0.3) is 0 Å². The summed E-state index contributed by atoms with van der Waals surface area (Å²) >= 11 is 12.4. The Kier molecular flexibility index (Phi) is 5.68. The summed E-state index contributed by atoms with van der Waals surface area (Å²) in [6.07, 6.45) is 4.01. The third kappa shape index (κ3) is 4.28. The molecule has 3 fully saturated rings. The van der Waals surface area contributed by atoms with Crippen LogP contribution in [0, 0.1) is 5.41 Å². The Bertz CT molecular complexity index is 710. The first-order valence-electron chi connectivity index (χ1n) is 9.83. The third-order valence-electron chi connectivity index (χ3n) is 6.51. The first-order chi connectivity index (χ1) is 13.0. The molecule has 1 aromatic carbocycles. The van der Waals surface area contributed by atoms with Crippen molar-refractivity contribution in [3.05, 3.63) is 33.8 Å². The summed E-state index contributed by atoms with van der Waals surface area (Å²) < 4.78 is 0. The van der Waals surface area contributed by atoms with Crippen LogP contribution in [0.15, 0.2) is 18.2 Å². The number of hydrogen-bond donors (Lipinski definition) is 2. The zero-order chi connectivity index (χ0) is 19.0. The molecule has 2 heterocycles. The quantitative estimate of drug-likeness (QED) is 0.781. The second-order valence-electron chi connectivity index (χ2n) is 8.23. The summed E-state index contributed by atoms with van der Waals surface area (Å²) in [5.41, 5.74) is 1.31. The highest BCUT2D eigenvalue weighted by Gasteiger charge is 2.51. The average molecular weight is 412 g/mol. The van der Waals surface area contributed by atoms with E-state index in [0.29, 0.717) is 29.7 Å². The van der Waals surface area contributed by atoms with Gasteiger partial charge in [-0.1, -0.05) is 29.3 Å². The molecule has 4 rings (SSSR count). The topological polar surface area (TPSA) is 55.8 Å². The summed E-state index contributed by atoms with van der Waals surface area (Å²) in [6, 6.07) is 6.00. The number of piperidine rings is 1. The van der Waals surface area contributed by atoms with Gasteiger partial charge in [-0.3, -0.25) is 14.6 Å². The molecule has 0 aromatic heterocycles. The Labute approximate surface area is 170 Å². The lowest BCUT2D eigenvalue weighted by atomic mass is 9.88. The number of halogens is 2. The lowest BCUT2D eigenvalue weighted by Gasteiger charge is -2.42. The van der Waals surface area contributed by atoms with E-state index in [1.165, 1.54) is 0 Å². The molecule has 148 valence electrons. The molecule has 2 saturated heterocycles. The molecule has 1 amide bonds. The van der Waals surface area contributed by atoms with Gasteiger partial charge in [0, 0.05) is 32.2 Å². The number of piperazine rings is 1. The van der Waals surface area contributed by atoms with Crippen LogP contribution in [0.5, 0.6) is 0 Å².